The minimum Gasteiger partial charge on any atom is -0.318 e. The molecule has 0 unspecified atom stereocenters. The molecule has 1 aromatic heterocycles. The van der Waals surface area contributed by atoms with E-state index in [4.69, 9.17) is 23.8 Å². The van der Waals surface area contributed by atoms with Crippen molar-refractivity contribution in [3.63, 3.8) is 0 Å². The number of amides is 1. The monoisotopic (exact) mass is 474 g/mol. The second-order valence-electron chi connectivity index (χ2n) is 7.65. The molecule has 158 valence electrons. The average molecular weight is 475 g/mol. The van der Waals surface area contributed by atoms with E-state index >= 15 is 0 Å². The molecule has 1 fully saturated rings. The van der Waals surface area contributed by atoms with Crippen LogP contribution in [0.5, 0.6) is 0 Å². The summed E-state index contributed by atoms with van der Waals surface area (Å²) in [5.74, 6) is -0.0901. The van der Waals surface area contributed by atoms with Gasteiger partial charge in [0.2, 0.25) is 0 Å². The second kappa shape index (κ2) is 8.24. The van der Waals surface area contributed by atoms with Crippen molar-refractivity contribution in [2.24, 2.45) is 0 Å². The highest BCUT2D eigenvalue weighted by Gasteiger charge is 2.34. The van der Waals surface area contributed by atoms with E-state index < -0.39 is 0 Å². The first kappa shape index (κ1) is 21.0. The molecule has 0 N–H and O–H groups in total. The molecule has 1 aliphatic rings. The topological polar surface area (TPSA) is 25.2 Å². The predicted molar refractivity (Wildman–Crippen MR) is 140 cm³/mol. The Morgan fingerprint density at radius 2 is 1.69 bits per heavy atom. The Labute approximate surface area is 201 Å². The average Bonchev–Trinajstić information content (AvgIpc) is 3.22. The van der Waals surface area contributed by atoms with Crippen LogP contribution in [0.3, 0.4) is 0 Å². The molecule has 3 nitrogen and oxygen atoms in total. The Hall–Kier alpha value is -2.86. The third-order valence-electron chi connectivity index (χ3n) is 5.64. The quantitative estimate of drug-likeness (QED) is 0.230. The van der Waals surface area contributed by atoms with Crippen LogP contribution in [0.2, 0.25) is 5.02 Å². The molecule has 6 heteroatoms. The van der Waals surface area contributed by atoms with E-state index in [-0.39, 0.29) is 5.91 Å². The predicted octanol–water partition coefficient (Wildman–Crippen LogP) is 7.31. The number of thiocarbonyl (C=S) groups is 1. The van der Waals surface area contributed by atoms with Gasteiger partial charge in [-0.2, -0.15) is 0 Å². The summed E-state index contributed by atoms with van der Waals surface area (Å²) in [6, 6.07) is 23.8. The van der Waals surface area contributed by atoms with Crippen LogP contribution in [-0.4, -0.2) is 14.8 Å². The van der Waals surface area contributed by atoms with Gasteiger partial charge in [0.15, 0.2) is 4.32 Å². The highest BCUT2D eigenvalue weighted by Crippen LogP contribution is 2.39. The van der Waals surface area contributed by atoms with Gasteiger partial charge in [-0.15, -0.1) is 0 Å². The van der Waals surface area contributed by atoms with Gasteiger partial charge in [-0.05, 0) is 67.3 Å². The molecular formula is C26H19ClN2OS2. The molecule has 32 heavy (non-hydrogen) atoms. The van der Waals surface area contributed by atoms with Crippen LogP contribution in [0, 0.1) is 13.8 Å². The molecule has 2 heterocycles. The number of halogens is 1. The Balaban J connectivity index is 1.54. The van der Waals surface area contributed by atoms with Crippen molar-refractivity contribution in [1.29, 1.82) is 0 Å². The van der Waals surface area contributed by atoms with Gasteiger partial charge < -0.3 is 4.57 Å². The van der Waals surface area contributed by atoms with Crippen molar-refractivity contribution in [3.8, 4) is 5.69 Å². The number of rotatable bonds is 3. The molecule has 4 aromatic rings. The lowest BCUT2D eigenvalue weighted by Gasteiger charge is -2.17. The van der Waals surface area contributed by atoms with Crippen molar-refractivity contribution in [1.82, 2.24) is 4.57 Å². The highest BCUT2D eigenvalue weighted by atomic mass is 35.5. The van der Waals surface area contributed by atoms with Crippen LogP contribution in [-0.2, 0) is 4.79 Å². The lowest BCUT2D eigenvalue weighted by atomic mass is 10.1. The standard InChI is InChI=1S/C26H19ClN2OS2/c1-16-14-19(17(2)28(16)21-12-10-20(27)11-13-21)15-24-25(30)29(26(31)32-24)23-9-5-7-18-6-3-4-8-22(18)23/h3-15H,1-2H3/b24-15+. The number of carbonyl (C=O) groups excluding carboxylic acids is 1. The summed E-state index contributed by atoms with van der Waals surface area (Å²) in [5.41, 5.74) is 4.99. The zero-order valence-electron chi connectivity index (χ0n) is 17.5. The Morgan fingerprint density at radius 1 is 0.969 bits per heavy atom. The summed E-state index contributed by atoms with van der Waals surface area (Å²) < 4.78 is 2.71. The fraction of sp³-hybridized carbons (Fsp3) is 0.0769. The number of aromatic nitrogens is 1. The van der Waals surface area contributed by atoms with E-state index in [1.54, 1.807) is 4.90 Å². The lowest BCUT2D eigenvalue weighted by Crippen LogP contribution is -2.27. The number of hydrogen-bond acceptors (Lipinski definition) is 3. The van der Waals surface area contributed by atoms with Crippen molar-refractivity contribution in [3.05, 3.63) is 99.7 Å². The highest BCUT2D eigenvalue weighted by molar-refractivity contribution is 8.27. The van der Waals surface area contributed by atoms with Gasteiger partial charge in [-0.1, -0.05) is 72.0 Å². The van der Waals surface area contributed by atoms with Gasteiger partial charge in [-0.3, -0.25) is 9.69 Å². The molecule has 0 radical (unpaired) electrons. The summed E-state index contributed by atoms with van der Waals surface area (Å²) in [7, 11) is 0. The normalized spacial score (nSPS) is 15.3. The molecule has 0 aliphatic carbocycles. The SMILES string of the molecule is Cc1cc(/C=C2/SC(=S)N(c3cccc4ccccc34)C2=O)c(C)n1-c1ccc(Cl)cc1. The van der Waals surface area contributed by atoms with Crippen molar-refractivity contribution in [2.45, 2.75) is 13.8 Å². The number of fused-ring (bicyclic) bond motifs is 1. The third kappa shape index (κ3) is 3.56. The smallest absolute Gasteiger partial charge is 0.270 e. The maximum absolute atomic E-state index is 13.4. The number of benzene rings is 3. The molecule has 1 saturated heterocycles. The van der Waals surface area contributed by atoms with E-state index in [0.717, 1.165) is 39.1 Å². The van der Waals surface area contributed by atoms with E-state index in [1.807, 2.05) is 72.8 Å². The fourth-order valence-electron chi connectivity index (χ4n) is 4.14. The Bertz CT molecular complexity index is 1410. The third-order valence-corrected chi connectivity index (χ3v) is 7.20. The van der Waals surface area contributed by atoms with Crippen LogP contribution < -0.4 is 4.90 Å². The molecule has 3 aromatic carbocycles. The molecule has 0 spiro atoms. The fourth-order valence-corrected chi connectivity index (χ4v) is 5.54. The largest absolute Gasteiger partial charge is 0.318 e. The zero-order chi connectivity index (χ0) is 22.4. The van der Waals surface area contributed by atoms with E-state index in [9.17, 15) is 4.79 Å². The second-order valence-corrected chi connectivity index (χ2v) is 9.77. The van der Waals surface area contributed by atoms with Gasteiger partial charge in [0.25, 0.3) is 5.91 Å². The van der Waals surface area contributed by atoms with Crippen LogP contribution in [0.15, 0.2) is 77.7 Å². The minimum absolute atomic E-state index is 0.0901. The number of anilines is 1. The number of thioether (sulfide) groups is 1. The summed E-state index contributed by atoms with van der Waals surface area (Å²) >= 11 is 13.0. The number of aryl methyl sites for hydroxylation is 1. The van der Waals surface area contributed by atoms with E-state index in [2.05, 4.69) is 24.5 Å². The number of nitrogens with zero attached hydrogens (tertiary/aromatic N) is 2. The molecule has 0 bridgehead atoms. The van der Waals surface area contributed by atoms with Gasteiger partial charge in [0, 0.05) is 27.5 Å². The zero-order valence-corrected chi connectivity index (χ0v) is 19.9. The molecule has 1 amide bonds. The molecule has 0 atom stereocenters. The van der Waals surface area contributed by atoms with Gasteiger partial charge in [-0.25, -0.2) is 0 Å². The summed E-state index contributed by atoms with van der Waals surface area (Å²) in [6.45, 7) is 4.11. The van der Waals surface area contributed by atoms with Crippen molar-refractivity contribution in [2.75, 3.05) is 4.90 Å². The lowest BCUT2D eigenvalue weighted by molar-refractivity contribution is -0.113. The first-order valence-corrected chi connectivity index (χ1v) is 11.7. The maximum Gasteiger partial charge on any atom is 0.270 e. The van der Waals surface area contributed by atoms with Gasteiger partial charge in [0.1, 0.15) is 0 Å². The first-order chi connectivity index (χ1) is 15.4. The number of carbonyl (C=O) groups is 1. The minimum atomic E-state index is -0.0901. The number of hydrogen-bond donors (Lipinski definition) is 0. The molecule has 0 saturated carbocycles. The van der Waals surface area contributed by atoms with Crippen LogP contribution in [0.4, 0.5) is 5.69 Å². The summed E-state index contributed by atoms with van der Waals surface area (Å²) in [4.78, 5) is 15.7. The first-order valence-electron chi connectivity index (χ1n) is 10.1. The van der Waals surface area contributed by atoms with Crippen molar-refractivity contribution < 1.29 is 4.79 Å². The molecular weight excluding hydrogens is 456 g/mol. The van der Waals surface area contributed by atoms with Crippen LogP contribution in [0.1, 0.15) is 17.0 Å². The van der Waals surface area contributed by atoms with Crippen LogP contribution in [0.25, 0.3) is 22.5 Å². The van der Waals surface area contributed by atoms with Gasteiger partial charge >= 0.3 is 0 Å². The summed E-state index contributed by atoms with van der Waals surface area (Å²) in [6.07, 6.45) is 1.94. The van der Waals surface area contributed by atoms with Gasteiger partial charge in [0.05, 0.1) is 10.6 Å². The van der Waals surface area contributed by atoms with Crippen LogP contribution >= 0.6 is 35.6 Å². The Kier molecular flexibility index (Phi) is 5.41. The van der Waals surface area contributed by atoms with E-state index in [1.165, 1.54) is 11.8 Å². The Morgan fingerprint density at radius 3 is 2.47 bits per heavy atom. The van der Waals surface area contributed by atoms with E-state index in [0.29, 0.717) is 14.2 Å². The van der Waals surface area contributed by atoms with Crippen molar-refractivity contribution >= 4 is 68.3 Å². The maximum atomic E-state index is 13.4. The molecule has 1 aliphatic heterocycles. The molecule has 5 rings (SSSR count). The summed E-state index contributed by atoms with van der Waals surface area (Å²) in [5, 5.41) is 2.79.